The molecule has 7 nitrogen and oxygen atoms in total. The first-order valence-electron chi connectivity index (χ1n) is 8.98. The summed E-state index contributed by atoms with van der Waals surface area (Å²) in [6.45, 7) is 3.06. The van der Waals surface area contributed by atoms with Crippen LogP contribution in [0, 0.1) is 6.92 Å². The number of carbonyl (C=O) groups is 1. The Morgan fingerprint density at radius 2 is 1.93 bits per heavy atom. The Hall–Kier alpha value is -2.84. The molecule has 0 fully saturated rings. The summed E-state index contributed by atoms with van der Waals surface area (Å²) in [5.74, 6) is -0.364. The molecule has 9 heteroatoms. The zero-order chi connectivity index (χ0) is 20.9. The highest BCUT2D eigenvalue weighted by Crippen LogP contribution is 2.23. The Morgan fingerprint density at radius 3 is 2.62 bits per heavy atom. The van der Waals surface area contributed by atoms with Crippen molar-refractivity contribution in [2.75, 3.05) is 11.3 Å². The highest BCUT2D eigenvalue weighted by Gasteiger charge is 2.16. The monoisotopic (exact) mass is 432 g/mol. The molecule has 0 aliphatic heterocycles. The molecule has 0 saturated carbocycles. The molecular weight excluding hydrogens is 412 g/mol. The van der Waals surface area contributed by atoms with Gasteiger partial charge in [-0.3, -0.25) is 9.52 Å². The molecule has 0 unspecified atom stereocenters. The Morgan fingerprint density at radius 1 is 1.17 bits per heavy atom. The molecule has 3 rings (SSSR count). The number of aryl methyl sites for hydroxylation is 2. The van der Waals surface area contributed by atoms with Gasteiger partial charge in [0.05, 0.1) is 21.8 Å². The molecule has 1 aromatic heterocycles. The maximum Gasteiger partial charge on any atom is 0.261 e. The maximum absolute atomic E-state index is 12.6. The van der Waals surface area contributed by atoms with E-state index in [0.29, 0.717) is 6.54 Å². The molecule has 1 amide bonds. The van der Waals surface area contributed by atoms with E-state index in [0.717, 1.165) is 18.5 Å². The molecule has 0 bridgehead atoms. The molecule has 0 spiro atoms. The predicted octanol–water partition coefficient (Wildman–Crippen LogP) is 3.47. The van der Waals surface area contributed by atoms with E-state index in [4.69, 9.17) is 11.6 Å². The van der Waals surface area contributed by atoms with Crippen LogP contribution >= 0.6 is 11.6 Å². The number of aromatic nitrogens is 2. The van der Waals surface area contributed by atoms with Gasteiger partial charge in [-0.25, -0.2) is 13.4 Å². The first kappa shape index (κ1) is 20.9. The molecule has 2 N–H and O–H groups in total. The van der Waals surface area contributed by atoms with Gasteiger partial charge in [-0.1, -0.05) is 29.3 Å². The largest absolute Gasteiger partial charge is 0.352 e. The second-order valence-electron chi connectivity index (χ2n) is 6.52. The average Bonchev–Trinajstić information content (AvgIpc) is 3.20. The fourth-order valence-corrected chi connectivity index (χ4v) is 3.92. The maximum atomic E-state index is 12.6. The van der Waals surface area contributed by atoms with Crippen LogP contribution < -0.4 is 10.0 Å². The molecule has 29 heavy (non-hydrogen) atoms. The number of nitrogens with zero attached hydrogens (tertiary/aromatic N) is 2. The number of benzene rings is 2. The lowest BCUT2D eigenvalue weighted by Crippen LogP contribution is -2.25. The summed E-state index contributed by atoms with van der Waals surface area (Å²) < 4.78 is 29.5. The van der Waals surface area contributed by atoms with Crippen LogP contribution in [0.5, 0.6) is 0 Å². The van der Waals surface area contributed by atoms with Gasteiger partial charge in [0.15, 0.2) is 0 Å². The van der Waals surface area contributed by atoms with E-state index in [-0.39, 0.29) is 27.1 Å². The summed E-state index contributed by atoms with van der Waals surface area (Å²) in [5, 5.41) is 3.04. The summed E-state index contributed by atoms with van der Waals surface area (Å²) >= 11 is 6.14. The Balaban J connectivity index is 1.65. The third-order valence-corrected chi connectivity index (χ3v) is 5.96. The molecule has 0 radical (unpaired) electrons. The molecule has 0 aliphatic carbocycles. The van der Waals surface area contributed by atoms with Gasteiger partial charge in [-0.05, 0) is 43.7 Å². The summed E-state index contributed by atoms with van der Waals surface area (Å²) in [4.78, 5) is 16.6. The summed E-state index contributed by atoms with van der Waals surface area (Å²) in [6.07, 6.45) is 5.98. The lowest BCUT2D eigenvalue weighted by Gasteiger charge is -2.11. The molecular formula is C20H21ClN4O3S. The molecule has 2 aromatic carbocycles. The minimum absolute atomic E-state index is 0.142. The van der Waals surface area contributed by atoms with Crippen molar-refractivity contribution in [1.29, 1.82) is 0 Å². The third-order valence-electron chi connectivity index (χ3n) is 4.23. The van der Waals surface area contributed by atoms with Crippen molar-refractivity contribution in [3.8, 4) is 0 Å². The predicted molar refractivity (Wildman–Crippen MR) is 113 cm³/mol. The van der Waals surface area contributed by atoms with Crippen molar-refractivity contribution in [2.24, 2.45) is 0 Å². The second-order valence-corrected chi connectivity index (χ2v) is 8.61. The van der Waals surface area contributed by atoms with Crippen LogP contribution in [-0.2, 0) is 16.6 Å². The van der Waals surface area contributed by atoms with Gasteiger partial charge in [0.2, 0.25) is 0 Å². The van der Waals surface area contributed by atoms with Crippen molar-refractivity contribution in [1.82, 2.24) is 14.9 Å². The zero-order valence-corrected chi connectivity index (χ0v) is 17.4. The van der Waals surface area contributed by atoms with E-state index >= 15 is 0 Å². The number of sulfonamides is 1. The second kappa shape index (κ2) is 9.11. The number of hydrogen-bond donors (Lipinski definition) is 2. The molecule has 1 heterocycles. The Labute approximate surface area is 174 Å². The fraction of sp³-hybridized carbons (Fsp3) is 0.200. The van der Waals surface area contributed by atoms with E-state index in [1.54, 1.807) is 24.7 Å². The van der Waals surface area contributed by atoms with E-state index in [1.807, 2.05) is 17.7 Å². The quantitative estimate of drug-likeness (QED) is 0.533. The molecule has 0 atom stereocenters. The van der Waals surface area contributed by atoms with Crippen molar-refractivity contribution < 1.29 is 13.2 Å². The summed E-state index contributed by atoms with van der Waals surface area (Å²) in [7, 11) is -3.76. The standard InChI is InChI=1S/C20H21ClN4O3S/c1-15-3-6-17(7-4-15)29(27,28)24-16-5-8-19(21)18(13-16)20(26)23-9-2-11-25-12-10-22-14-25/h3-8,10,12-14,24H,2,9,11H2,1H3,(H,23,26). The number of hydrogen-bond acceptors (Lipinski definition) is 4. The van der Waals surface area contributed by atoms with Crippen LogP contribution in [0.4, 0.5) is 5.69 Å². The topological polar surface area (TPSA) is 93.1 Å². The van der Waals surface area contributed by atoms with Crippen molar-refractivity contribution in [3.05, 3.63) is 77.3 Å². The third kappa shape index (κ3) is 5.58. The smallest absolute Gasteiger partial charge is 0.261 e. The normalized spacial score (nSPS) is 11.2. The average molecular weight is 433 g/mol. The molecule has 0 saturated heterocycles. The van der Waals surface area contributed by atoms with Gasteiger partial charge in [-0.2, -0.15) is 0 Å². The van der Waals surface area contributed by atoms with Crippen LogP contribution in [0.25, 0.3) is 0 Å². The zero-order valence-electron chi connectivity index (χ0n) is 15.8. The molecule has 152 valence electrons. The van der Waals surface area contributed by atoms with Crippen LogP contribution in [0.3, 0.4) is 0 Å². The van der Waals surface area contributed by atoms with Gasteiger partial charge in [-0.15, -0.1) is 0 Å². The van der Waals surface area contributed by atoms with Gasteiger partial charge in [0.25, 0.3) is 15.9 Å². The van der Waals surface area contributed by atoms with E-state index in [2.05, 4.69) is 15.0 Å². The van der Waals surface area contributed by atoms with E-state index < -0.39 is 10.0 Å². The number of rotatable bonds is 8. The van der Waals surface area contributed by atoms with Gasteiger partial charge >= 0.3 is 0 Å². The fourth-order valence-electron chi connectivity index (χ4n) is 2.67. The molecule has 0 aliphatic rings. The van der Waals surface area contributed by atoms with Crippen LogP contribution in [0.2, 0.25) is 5.02 Å². The van der Waals surface area contributed by atoms with Crippen LogP contribution in [0.15, 0.2) is 66.1 Å². The summed E-state index contributed by atoms with van der Waals surface area (Å²) in [6, 6.07) is 10.9. The SMILES string of the molecule is Cc1ccc(S(=O)(=O)Nc2ccc(Cl)c(C(=O)NCCCn3ccnc3)c2)cc1. The number of carbonyl (C=O) groups excluding carboxylic acids is 1. The molecule has 3 aromatic rings. The van der Waals surface area contributed by atoms with E-state index in [1.165, 1.54) is 30.3 Å². The lowest BCUT2D eigenvalue weighted by atomic mass is 10.2. The highest BCUT2D eigenvalue weighted by atomic mass is 35.5. The first-order valence-corrected chi connectivity index (χ1v) is 10.8. The number of amides is 1. The first-order chi connectivity index (χ1) is 13.8. The van der Waals surface area contributed by atoms with Crippen molar-refractivity contribution >= 4 is 33.2 Å². The van der Waals surface area contributed by atoms with Crippen LogP contribution in [-0.4, -0.2) is 30.4 Å². The number of halogens is 1. The minimum atomic E-state index is -3.76. The van der Waals surface area contributed by atoms with Gasteiger partial charge in [0, 0.05) is 31.2 Å². The van der Waals surface area contributed by atoms with Gasteiger partial charge < -0.3 is 9.88 Å². The van der Waals surface area contributed by atoms with Crippen LogP contribution in [0.1, 0.15) is 22.3 Å². The van der Waals surface area contributed by atoms with Crippen molar-refractivity contribution in [2.45, 2.75) is 24.8 Å². The number of anilines is 1. The lowest BCUT2D eigenvalue weighted by molar-refractivity contribution is 0.0953. The minimum Gasteiger partial charge on any atom is -0.352 e. The Kier molecular flexibility index (Phi) is 6.56. The number of nitrogens with one attached hydrogen (secondary N) is 2. The van der Waals surface area contributed by atoms with E-state index in [9.17, 15) is 13.2 Å². The number of imidazole rings is 1. The van der Waals surface area contributed by atoms with Crippen molar-refractivity contribution in [3.63, 3.8) is 0 Å². The van der Waals surface area contributed by atoms with Gasteiger partial charge in [0.1, 0.15) is 0 Å². The highest BCUT2D eigenvalue weighted by molar-refractivity contribution is 7.92. The Bertz CT molecular complexity index is 1080. The summed E-state index contributed by atoms with van der Waals surface area (Å²) in [5.41, 5.74) is 1.43.